The average molecular weight is 695 g/mol. The summed E-state index contributed by atoms with van der Waals surface area (Å²) in [7, 11) is 1.39. The quantitative estimate of drug-likeness (QED) is 0.0292. The molecule has 0 rings (SSSR count). The Balaban J connectivity index is 4.41. The van der Waals surface area contributed by atoms with Crippen LogP contribution in [0.25, 0.3) is 0 Å². The molecular weight excluding hydrogens is 625 g/mol. The lowest BCUT2D eigenvalue weighted by atomic mass is 10.0. The Morgan fingerprint density at radius 2 is 1.04 bits per heavy atom. The normalized spacial score (nSPS) is 13.6. The lowest BCUT2D eigenvalue weighted by Crippen LogP contribution is -2.37. The summed E-state index contributed by atoms with van der Waals surface area (Å²) >= 11 is 0. The van der Waals surface area contributed by atoms with Crippen molar-refractivity contribution in [3.63, 3.8) is 0 Å². The van der Waals surface area contributed by atoms with Gasteiger partial charge < -0.3 is 24.0 Å². The van der Waals surface area contributed by atoms with E-state index in [4.69, 9.17) is 23.6 Å². The van der Waals surface area contributed by atoms with E-state index in [1.54, 1.807) is 0 Å². The summed E-state index contributed by atoms with van der Waals surface area (Å²) in [6.45, 7) is 2.04. The van der Waals surface area contributed by atoms with E-state index in [9.17, 15) is 23.8 Å². The van der Waals surface area contributed by atoms with E-state index in [1.807, 2.05) is 21.1 Å². The van der Waals surface area contributed by atoms with Gasteiger partial charge in [0.05, 0.1) is 27.7 Å². The van der Waals surface area contributed by atoms with Crippen LogP contribution in [-0.4, -0.2) is 86.0 Å². The van der Waals surface area contributed by atoms with Gasteiger partial charge in [-0.05, 0) is 19.3 Å². The minimum absolute atomic E-state index is 0.00933. The molecule has 2 N–H and O–H groups in total. The fraction of sp³-hybridized carbons (Fsp3) is 0.914. The molecule has 0 amide bonds. The predicted molar refractivity (Wildman–Crippen MR) is 185 cm³/mol. The van der Waals surface area contributed by atoms with Gasteiger partial charge in [-0.3, -0.25) is 23.4 Å². The van der Waals surface area contributed by atoms with Gasteiger partial charge in [0.2, 0.25) is 0 Å². The van der Waals surface area contributed by atoms with Gasteiger partial charge in [-0.2, -0.15) is 0 Å². The first-order valence-electron chi connectivity index (χ1n) is 18.3. The molecule has 0 saturated carbocycles. The molecule has 1 unspecified atom stereocenters. The van der Waals surface area contributed by atoms with Crippen molar-refractivity contribution in [2.75, 3.05) is 47.5 Å². The number of carbonyl (C=O) groups excluding carboxylic acids is 2. The molecule has 0 aromatic carbocycles. The summed E-state index contributed by atoms with van der Waals surface area (Å²) in [6.07, 6.45) is 21.2. The van der Waals surface area contributed by atoms with E-state index in [1.165, 1.54) is 64.2 Å². The molecule has 12 heteroatoms. The largest absolute Gasteiger partial charge is 0.481 e. The van der Waals surface area contributed by atoms with Gasteiger partial charge in [0.25, 0.3) is 0 Å². The van der Waals surface area contributed by atoms with E-state index >= 15 is 0 Å². The molecule has 278 valence electrons. The van der Waals surface area contributed by atoms with E-state index < -0.39 is 38.4 Å². The SMILES string of the molecule is CCCCCCCCCCCCCCCC(=O)OC[C@H](COP(=O)(O)OCC[N+](C)(C)C)OC(=O)CCCCCCCCCC(=O)O. The van der Waals surface area contributed by atoms with Crippen molar-refractivity contribution in [2.24, 2.45) is 0 Å². The van der Waals surface area contributed by atoms with Gasteiger partial charge in [-0.25, -0.2) is 4.57 Å². The fourth-order valence-electron chi connectivity index (χ4n) is 4.98. The molecule has 0 spiro atoms. The number of hydrogen-bond donors (Lipinski definition) is 2. The number of likely N-dealkylation sites (N-methyl/N-ethyl adjacent to an activating group) is 1. The van der Waals surface area contributed by atoms with Crippen LogP contribution in [0.2, 0.25) is 0 Å². The first kappa shape index (κ1) is 45.5. The lowest BCUT2D eigenvalue weighted by molar-refractivity contribution is -0.870. The molecule has 0 aliphatic rings. The number of quaternary nitrogens is 1. The van der Waals surface area contributed by atoms with Crippen molar-refractivity contribution in [3.8, 4) is 0 Å². The van der Waals surface area contributed by atoms with Crippen molar-refractivity contribution in [1.82, 2.24) is 0 Å². The van der Waals surface area contributed by atoms with Gasteiger partial charge >= 0.3 is 25.7 Å². The summed E-state index contributed by atoms with van der Waals surface area (Å²) < 4.78 is 33.9. The number of unbranched alkanes of at least 4 members (excludes halogenated alkanes) is 18. The Labute approximate surface area is 285 Å². The van der Waals surface area contributed by atoms with Gasteiger partial charge in [-0.15, -0.1) is 0 Å². The van der Waals surface area contributed by atoms with Crippen LogP contribution in [0.15, 0.2) is 0 Å². The molecule has 0 radical (unpaired) electrons. The molecule has 2 atom stereocenters. The Morgan fingerprint density at radius 3 is 1.49 bits per heavy atom. The number of hydrogen-bond acceptors (Lipinski definition) is 8. The van der Waals surface area contributed by atoms with Crippen LogP contribution in [0.4, 0.5) is 0 Å². The van der Waals surface area contributed by atoms with E-state index in [0.29, 0.717) is 23.9 Å². The van der Waals surface area contributed by atoms with Crippen molar-refractivity contribution in [1.29, 1.82) is 0 Å². The summed E-state index contributed by atoms with van der Waals surface area (Å²) in [6, 6.07) is 0. The number of esters is 2. The van der Waals surface area contributed by atoms with Crippen molar-refractivity contribution >= 4 is 25.7 Å². The van der Waals surface area contributed by atoms with Crippen LogP contribution < -0.4 is 0 Å². The third-order valence-electron chi connectivity index (χ3n) is 7.92. The number of phosphoric ester groups is 1. The van der Waals surface area contributed by atoms with E-state index in [-0.39, 0.29) is 32.5 Å². The zero-order valence-corrected chi connectivity index (χ0v) is 31.1. The van der Waals surface area contributed by atoms with Crippen LogP contribution in [0.1, 0.15) is 155 Å². The molecule has 0 aromatic rings. The molecule has 0 aliphatic carbocycles. The third-order valence-corrected chi connectivity index (χ3v) is 8.91. The molecule has 47 heavy (non-hydrogen) atoms. The number of rotatable bonds is 34. The highest BCUT2D eigenvalue weighted by Gasteiger charge is 2.27. The predicted octanol–water partition coefficient (Wildman–Crippen LogP) is 8.36. The summed E-state index contributed by atoms with van der Waals surface area (Å²) in [5.41, 5.74) is 0. The fourth-order valence-corrected chi connectivity index (χ4v) is 5.72. The zero-order valence-electron chi connectivity index (χ0n) is 30.2. The van der Waals surface area contributed by atoms with Crippen LogP contribution in [0.3, 0.4) is 0 Å². The second-order valence-electron chi connectivity index (χ2n) is 13.8. The number of carbonyl (C=O) groups is 3. The summed E-state index contributed by atoms with van der Waals surface area (Å²) in [5.74, 6) is -1.67. The maximum Gasteiger partial charge on any atom is 0.472 e. The van der Waals surface area contributed by atoms with Crippen LogP contribution in [0.5, 0.6) is 0 Å². The van der Waals surface area contributed by atoms with Crippen molar-refractivity contribution in [3.05, 3.63) is 0 Å². The first-order chi connectivity index (χ1) is 22.3. The zero-order chi connectivity index (χ0) is 35.2. The number of aliphatic carboxylic acids is 1. The standard InChI is InChI=1S/C35H68NO10P/c1-5-6-7-8-9-10-11-12-13-14-17-20-23-26-34(39)43-30-32(31-45-47(41,42)44-29-28-36(2,3)4)46-35(40)27-24-21-18-15-16-19-22-25-33(37)38/h32H,5-31H2,1-4H3,(H-,37,38,41,42)/p+1/t32-/m1/s1. The molecule has 0 heterocycles. The summed E-state index contributed by atoms with van der Waals surface area (Å²) in [5, 5.41) is 8.69. The number of nitrogens with zero attached hydrogens (tertiary/aromatic N) is 1. The number of carboxylic acids is 1. The monoisotopic (exact) mass is 694 g/mol. The highest BCUT2D eigenvalue weighted by molar-refractivity contribution is 7.47. The highest BCUT2D eigenvalue weighted by atomic mass is 31.2. The Bertz CT molecular complexity index is 849. The molecule has 11 nitrogen and oxygen atoms in total. The molecule has 0 aliphatic heterocycles. The molecule has 0 fully saturated rings. The van der Waals surface area contributed by atoms with Gasteiger partial charge in [0, 0.05) is 19.3 Å². The smallest absolute Gasteiger partial charge is 0.472 e. The number of carboxylic acid groups (broad SMARTS) is 1. The van der Waals surface area contributed by atoms with E-state index in [2.05, 4.69) is 6.92 Å². The first-order valence-corrected chi connectivity index (χ1v) is 19.8. The second kappa shape index (κ2) is 29.4. The third kappa shape index (κ3) is 34.2. The van der Waals surface area contributed by atoms with Gasteiger partial charge in [0.1, 0.15) is 19.8 Å². The maximum absolute atomic E-state index is 12.5. The van der Waals surface area contributed by atoms with Crippen LogP contribution in [0, 0.1) is 0 Å². The number of ether oxygens (including phenoxy) is 2. The van der Waals surface area contributed by atoms with Crippen molar-refractivity contribution < 1.29 is 52.0 Å². The van der Waals surface area contributed by atoms with E-state index in [0.717, 1.165) is 51.4 Å². The Morgan fingerprint density at radius 1 is 0.617 bits per heavy atom. The molecular formula is C35H69NO10P+. The Hall–Kier alpha value is -1.52. The van der Waals surface area contributed by atoms with Crippen LogP contribution >= 0.6 is 7.82 Å². The second-order valence-corrected chi connectivity index (χ2v) is 15.2. The van der Waals surface area contributed by atoms with Gasteiger partial charge in [0.15, 0.2) is 6.10 Å². The minimum Gasteiger partial charge on any atom is -0.481 e. The summed E-state index contributed by atoms with van der Waals surface area (Å²) in [4.78, 5) is 45.6. The maximum atomic E-state index is 12.5. The van der Waals surface area contributed by atoms with Crippen LogP contribution in [-0.2, 0) is 37.5 Å². The highest BCUT2D eigenvalue weighted by Crippen LogP contribution is 2.43. The van der Waals surface area contributed by atoms with Crippen molar-refractivity contribution in [2.45, 2.75) is 161 Å². The molecule has 0 bridgehead atoms. The van der Waals surface area contributed by atoms with Gasteiger partial charge in [-0.1, -0.05) is 116 Å². The average Bonchev–Trinajstić information content (AvgIpc) is 2.99. The molecule has 0 saturated heterocycles. The number of phosphoric acid groups is 1. The minimum atomic E-state index is -4.39. The topological polar surface area (TPSA) is 146 Å². The lowest BCUT2D eigenvalue weighted by Gasteiger charge is -2.24. The Kier molecular flexibility index (Phi) is 28.5. The molecule has 0 aromatic heterocycles.